The van der Waals surface area contributed by atoms with E-state index in [1.165, 1.54) is 0 Å². The Morgan fingerprint density at radius 1 is 0.920 bits per heavy atom. The average Bonchev–Trinajstić information content (AvgIpc) is 2.59. The average molecular weight is 346 g/mol. The van der Waals surface area contributed by atoms with Crippen LogP contribution in [0.4, 0.5) is 21.0 Å². The van der Waals surface area contributed by atoms with Gasteiger partial charge < -0.3 is 19.7 Å². The van der Waals surface area contributed by atoms with Crippen molar-refractivity contribution in [3.63, 3.8) is 0 Å². The summed E-state index contributed by atoms with van der Waals surface area (Å²) in [4.78, 5) is 23.3. The number of carbonyl (C=O) groups is 2. The van der Waals surface area contributed by atoms with Crippen LogP contribution >= 0.6 is 0 Å². The highest BCUT2D eigenvalue weighted by Gasteiger charge is 2.10. The van der Waals surface area contributed by atoms with Crippen LogP contribution in [0.5, 0.6) is 0 Å². The molecule has 0 aromatic heterocycles. The fraction of sp³-hybridized carbons (Fsp3) is 0.294. The number of hydrogen-bond donors (Lipinski definition) is 4. The molecule has 1 aromatic rings. The Morgan fingerprint density at radius 3 is 1.76 bits per heavy atom. The Bertz CT molecular complexity index is 666. The molecule has 0 unspecified atom stereocenters. The predicted octanol–water partition coefficient (Wildman–Crippen LogP) is 1.08. The minimum atomic E-state index is -0.714. The van der Waals surface area contributed by atoms with Crippen LogP contribution in [0.25, 0.3) is 0 Å². The van der Waals surface area contributed by atoms with Crippen LogP contribution in [0.1, 0.15) is 5.56 Å². The van der Waals surface area contributed by atoms with Crippen LogP contribution in [-0.2, 0) is 9.47 Å². The van der Waals surface area contributed by atoms with E-state index in [2.05, 4.69) is 34.3 Å². The predicted molar refractivity (Wildman–Crippen MR) is 90.8 cm³/mol. The Labute approximate surface area is 145 Å². The smallest absolute Gasteiger partial charge is 0.412 e. The summed E-state index contributed by atoms with van der Waals surface area (Å²) in [6.07, 6.45) is -1.43. The molecular weight excluding hydrogens is 328 g/mol. The minimum absolute atomic E-state index is 0.148. The van der Waals surface area contributed by atoms with Gasteiger partial charge in [0.2, 0.25) is 0 Å². The maximum absolute atomic E-state index is 11.7. The molecule has 1 aromatic carbocycles. The van der Waals surface area contributed by atoms with Crippen molar-refractivity contribution in [2.75, 3.05) is 37.1 Å². The van der Waals surface area contributed by atoms with Crippen molar-refractivity contribution >= 4 is 23.6 Å². The van der Waals surface area contributed by atoms with Crippen LogP contribution in [-0.4, -0.2) is 48.8 Å². The van der Waals surface area contributed by atoms with Crippen LogP contribution in [0.3, 0.4) is 0 Å². The molecule has 132 valence electrons. The first-order chi connectivity index (χ1) is 12.1. The third-order valence-corrected chi connectivity index (χ3v) is 2.77. The number of ether oxygens (including phenoxy) is 2. The highest BCUT2D eigenvalue weighted by atomic mass is 16.6. The molecule has 0 fully saturated rings. The fourth-order valence-corrected chi connectivity index (χ4v) is 1.62. The molecule has 8 nitrogen and oxygen atoms in total. The van der Waals surface area contributed by atoms with Crippen molar-refractivity contribution in [3.05, 3.63) is 23.8 Å². The van der Waals surface area contributed by atoms with Gasteiger partial charge in [0, 0.05) is 11.4 Å². The molecule has 0 bridgehead atoms. The van der Waals surface area contributed by atoms with Crippen LogP contribution in [0.2, 0.25) is 0 Å². The molecule has 0 heterocycles. The molecule has 0 aliphatic rings. The van der Waals surface area contributed by atoms with Crippen LogP contribution in [0.15, 0.2) is 18.2 Å². The third-order valence-electron chi connectivity index (χ3n) is 2.77. The standard InChI is InChI=1S/C17H18N2O6/c1-13-14(18-16(22)24-11-4-2-9-20)7-6-8-15(13)19-17(23)25-12-5-3-10-21/h6-8,20-21H,9-12H2,1H3,(H,18,22)(H,19,23). The SMILES string of the molecule is Cc1c(NC(=O)OCC#CCO)cccc1NC(=O)OCC#CCO. The van der Waals surface area contributed by atoms with E-state index < -0.39 is 12.2 Å². The first-order valence-electron chi connectivity index (χ1n) is 7.18. The van der Waals surface area contributed by atoms with Crippen molar-refractivity contribution in [1.82, 2.24) is 0 Å². The van der Waals surface area contributed by atoms with E-state index in [0.717, 1.165) is 0 Å². The van der Waals surface area contributed by atoms with Gasteiger partial charge >= 0.3 is 12.2 Å². The van der Waals surface area contributed by atoms with E-state index in [4.69, 9.17) is 19.7 Å². The van der Waals surface area contributed by atoms with E-state index in [9.17, 15) is 9.59 Å². The highest BCUT2D eigenvalue weighted by Crippen LogP contribution is 2.23. The zero-order valence-corrected chi connectivity index (χ0v) is 13.6. The van der Waals surface area contributed by atoms with Crippen molar-refractivity contribution in [3.8, 4) is 23.7 Å². The molecule has 0 atom stereocenters. The first-order valence-corrected chi connectivity index (χ1v) is 7.18. The lowest BCUT2D eigenvalue weighted by atomic mass is 10.1. The van der Waals surface area contributed by atoms with Crippen molar-refractivity contribution < 1.29 is 29.3 Å². The monoisotopic (exact) mass is 346 g/mol. The second kappa shape index (κ2) is 11.4. The summed E-state index contributed by atoms with van der Waals surface area (Å²) in [6, 6.07) is 4.91. The van der Waals surface area contributed by atoms with E-state index in [1.807, 2.05) is 0 Å². The summed E-state index contributed by atoms with van der Waals surface area (Å²) in [7, 11) is 0. The molecule has 2 amide bonds. The molecule has 1 rings (SSSR count). The molecule has 4 N–H and O–H groups in total. The second-order valence-corrected chi connectivity index (χ2v) is 4.40. The normalized spacial score (nSPS) is 8.92. The lowest BCUT2D eigenvalue weighted by molar-refractivity contribution is 0.175. The quantitative estimate of drug-likeness (QED) is 0.606. The molecule has 0 aliphatic heterocycles. The summed E-state index contributed by atoms with van der Waals surface area (Å²) in [6.45, 7) is 0.788. The summed E-state index contributed by atoms with van der Waals surface area (Å²) in [5, 5.41) is 22.0. The maximum atomic E-state index is 11.7. The summed E-state index contributed by atoms with van der Waals surface area (Å²) in [5.74, 6) is 9.60. The molecule has 25 heavy (non-hydrogen) atoms. The van der Waals surface area contributed by atoms with Gasteiger partial charge in [-0.15, -0.1) is 0 Å². The Hall–Kier alpha value is -3.20. The topological polar surface area (TPSA) is 117 Å². The van der Waals surface area contributed by atoms with Gasteiger partial charge in [0.1, 0.15) is 13.2 Å². The third kappa shape index (κ3) is 7.75. The molecule has 8 heteroatoms. The fourth-order valence-electron chi connectivity index (χ4n) is 1.62. The molecule has 0 saturated carbocycles. The summed E-state index contributed by atoms with van der Waals surface area (Å²) >= 11 is 0. The largest absolute Gasteiger partial charge is 0.436 e. The van der Waals surface area contributed by atoms with Crippen LogP contribution in [0, 0.1) is 30.6 Å². The van der Waals surface area contributed by atoms with Crippen molar-refractivity contribution in [1.29, 1.82) is 0 Å². The van der Waals surface area contributed by atoms with Gasteiger partial charge in [-0.05, 0) is 24.6 Å². The summed E-state index contributed by atoms with van der Waals surface area (Å²) < 4.78 is 9.64. The number of carbonyl (C=O) groups excluding carboxylic acids is 2. The van der Waals surface area contributed by atoms with E-state index >= 15 is 0 Å². The first kappa shape index (κ1) is 19.8. The Balaban J connectivity index is 2.62. The van der Waals surface area contributed by atoms with Crippen LogP contribution < -0.4 is 10.6 Å². The van der Waals surface area contributed by atoms with Gasteiger partial charge in [0.25, 0.3) is 0 Å². The minimum Gasteiger partial charge on any atom is -0.436 e. The van der Waals surface area contributed by atoms with Gasteiger partial charge in [-0.2, -0.15) is 0 Å². The van der Waals surface area contributed by atoms with Gasteiger partial charge in [-0.3, -0.25) is 10.6 Å². The van der Waals surface area contributed by atoms with Crippen molar-refractivity contribution in [2.45, 2.75) is 6.92 Å². The van der Waals surface area contributed by atoms with Gasteiger partial charge in [0.15, 0.2) is 13.2 Å². The number of amides is 2. The molecule has 0 spiro atoms. The maximum Gasteiger partial charge on any atom is 0.412 e. The molecular formula is C17H18N2O6. The van der Waals surface area contributed by atoms with E-state index in [0.29, 0.717) is 16.9 Å². The number of nitrogens with one attached hydrogen (secondary N) is 2. The molecule has 0 radical (unpaired) electrons. The summed E-state index contributed by atoms with van der Waals surface area (Å²) in [5.41, 5.74) is 1.48. The van der Waals surface area contributed by atoms with Crippen molar-refractivity contribution in [2.24, 2.45) is 0 Å². The lowest BCUT2D eigenvalue weighted by Gasteiger charge is -2.12. The number of aliphatic hydroxyl groups excluding tert-OH is 2. The second-order valence-electron chi connectivity index (χ2n) is 4.40. The van der Waals surface area contributed by atoms with E-state index in [1.54, 1.807) is 25.1 Å². The number of rotatable bonds is 4. The highest BCUT2D eigenvalue weighted by molar-refractivity contribution is 5.91. The van der Waals surface area contributed by atoms with E-state index in [-0.39, 0.29) is 26.4 Å². The molecule has 0 saturated heterocycles. The number of aliphatic hydroxyl groups is 2. The number of anilines is 2. The number of hydrogen-bond acceptors (Lipinski definition) is 6. The molecule has 0 aliphatic carbocycles. The Kier molecular flexibility index (Phi) is 9.01. The zero-order chi connectivity index (χ0) is 18.5. The van der Waals surface area contributed by atoms with Gasteiger partial charge in [-0.25, -0.2) is 9.59 Å². The Morgan fingerprint density at radius 2 is 1.36 bits per heavy atom. The lowest BCUT2D eigenvalue weighted by Crippen LogP contribution is -2.17. The van der Waals surface area contributed by atoms with Gasteiger partial charge in [0.05, 0.1) is 0 Å². The van der Waals surface area contributed by atoms with Gasteiger partial charge in [-0.1, -0.05) is 29.7 Å². The number of benzene rings is 1. The zero-order valence-electron chi connectivity index (χ0n) is 13.6.